The molecule has 0 atom stereocenters. The molecule has 0 saturated carbocycles. The molecule has 3 heterocycles. The maximum atomic E-state index is 11.4. The number of carbonyl (C=O) groups is 2. The topological polar surface area (TPSA) is 153 Å². The van der Waals surface area contributed by atoms with Gasteiger partial charge in [-0.3, -0.25) is 0 Å². The number of fused-ring (bicyclic) bond motifs is 1. The Morgan fingerprint density at radius 3 is 1.81 bits per heavy atom. The molecule has 0 radical (unpaired) electrons. The van der Waals surface area contributed by atoms with E-state index in [1.165, 1.54) is 14.2 Å². The number of anilines is 1. The minimum absolute atomic E-state index is 0.221. The van der Waals surface area contributed by atoms with Crippen molar-refractivity contribution in [3.8, 4) is 22.5 Å². The molecule has 0 amide bonds. The minimum Gasteiger partial charge on any atom is -0.465 e. The third-order valence-corrected chi connectivity index (χ3v) is 7.59. The highest BCUT2D eigenvalue weighted by atomic mass is 79.9. The van der Waals surface area contributed by atoms with Crippen molar-refractivity contribution >= 4 is 66.9 Å². The minimum atomic E-state index is -0.369. The molecule has 0 aliphatic carbocycles. The van der Waals surface area contributed by atoms with Gasteiger partial charge in [0.2, 0.25) is 0 Å². The van der Waals surface area contributed by atoms with Gasteiger partial charge in [0, 0.05) is 36.7 Å². The number of ether oxygens (including phenoxy) is 4. The molecule has 0 saturated heterocycles. The summed E-state index contributed by atoms with van der Waals surface area (Å²) in [6.07, 6.45) is 3.26. The Morgan fingerprint density at radius 1 is 0.830 bits per heavy atom. The van der Waals surface area contributed by atoms with Crippen LogP contribution >= 0.6 is 43.5 Å². The molecule has 0 bridgehead atoms. The van der Waals surface area contributed by atoms with Crippen LogP contribution in [0.1, 0.15) is 34.6 Å². The van der Waals surface area contributed by atoms with E-state index in [2.05, 4.69) is 61.6 Å². The molecule has 15 heteroatoms. The van der Waals surface area contributed by atoms with Gasteiger partial charge in [0.25, 0.3) is 0 Å². The first-order chi connectivity index (χ1) is 22.6. The summed E-state index contributed by atoms with van der Waals surface area (Å²) in [5, 5.41) is 12.3. The highest BCUT2D eigenvalue weighted by Crippen LogP contribution is 2.25. The predicted octanol–water partition coefficient (Wildman–Crippen LogP) is 6.84. The number of hydrogen-bond acceptors (Lipinski definition) is 11. The number of nitrogens with zero attached hydrogens (tertiary/aromatic N) is 5. The Morgan fingerprint density at radius 2 is 1.34 bits per heavy atom. The van der Waals surface area contributed by atoms with Crippen molar-refractivity contribution < 1.29 is 28.5 Å². The number of alkyl halides is 1. The van der Waals surface area contributed by atoms with Crippen LogP contribution in [0.25, 0.3) is 28.2 Å². The maximum Gasteiger partial charge on any atom is 0.337 e. The molecule has 0 fully saturated rings. The summed E-state index contributed by atoms with van der Waals surface area (Å²) in [4.78, 5) is 26.9. The third-order valence-electron chi connectivity index (χ3n) is 6.12. The van der Waals surface area contributed by atoms with E-state index < -0.39 is 0 Å². The van der Waals surface area contributed by atoms with Crippen LogP contribution in [-0.4, -0.2) is 76.3 Å². The van der Waals surface area contributed by atoms with E-state index in [0.29, 0.717) is 46.2 Å². The van der Waals surface area contributed by atoms with Crippen LogP contribution in [0.2, 0.25) is 0 Å². The zero-order valence-electron chi connectivity index (χ0n) is 26.0. The van der Waals surface area contributed by atoms with Crippen LogP contribution < -0.4 is 5.73 Å². The predicted molar refractivity (Wildman–Crippen MR) is 186 cm³/mol. The van der Waals surface area contributed by atoms with Crippen LogP contribution in [0.15, 0.2) is 82.0 Å². The molecule has 47 heavy (non-hydrogen) atoms. The van der Waals surface area contributed by atoms with Crippen LogP contribution in [0.5, 0.6) is 0 Å². The lowest BCUT2D eigenvalue weighted by Crippen LogP contribution is -2.18. The van der Waals surface area contributed by atoms with Gasteiger partial charge in [0.15, 0.2) is 17.8 Å². The van der Waals surface area contributed by atoms with E-state index in [4.69, 9.17) is 26.8 Å². The van der Waals surface area contributed by atoms with Gasteiger partial charge in [-0.2, -0.15) is 5.10 Å². The summed E-state index contributed by atoms with van der Waals surface area (Å²) in [7, 11) is 2.71. The Labute approximate surface area is 293 Å². The molecule has 5 rings (SSSR count). The number of rotatable bonds is 9. The van der Waals surface area contributed by atoms with Crippen molar-refractivity contribution in [2.24, 2.45) is 0 Å². The largest absolute Gasteiger partial charge is 0.465 e. The highest BCUT2D eigenvalue weighted by Gasteiger charge is 2.10. The standard InChI is InChI=1S/C14H10BrN3O2.C12H10BrN3O2.C6H13ClO2/c1-20-14(19)10-4-2-9(3-5-10)12-8-11(15)13-16-6-7-18(13)17-12;1-18-12(17)8-4-2-7(3-5-8)10-6-9(13)11(14)16-15-10;1-3-8-6(5-7)9-4-2/h2-8H,1H3;2-6H,1H3,(H2,14,16);6H,3-5H2,1-2H3. The number of aromatic nitrogens is 5. The zero-order chi connectivity index (χ0) is 34.3. The number of hydrogen-bond donors (Lipinski definition) is 1. The summed E-state index contributed by atoms with van der Waals surface area (Å²) in [6.45, 7) is 5.13. The molecule has 0 aliphatic rings. The van der Waals surface area contributed by atoms with E-state index in [9.17, 15) is 9.59 Å². The van der Waals surface area contributed by atoms with E-state index in [0.717, 1.165) is 26.9 Å². The molecule has 5 aromatic rings. The van der Waals surface area contributed by atoms with Gasteiger partial charge in [-0.1, -0.05) is 24.3 Å². The first-order valence-electron chi connectivity index (χ1n) is 14.1. The number of methoxy groups -OCH3 is 2. The number of benzene rings is 2. The summed E-state index contributed by atoms with van der Waals surface area (Å²) in [5.41, 5.74) is 10.6. The fourth-order valence-corrected chi connectivity index (χ4v) is 4.81. The Bertz CT molecular complexity index is 1750. The van der Waals surface area contributed by atoms with Crippen molar-refractivity contribution in [1.82, 2.24) is 24.8 Å². The monoisotopic (exact) mass is 790 g/mol. The highest BCUT2D eigenvalue weighted by molar-refractivity contribution is 9.11. The quantitative estimate of drug-likeness (QED) is 0.0948. The first-order valence-corrected chi connectivity index (χ1v) is 16.2. The fourth-order valence-electron chi connectivity index (χ4n) is 3.84. The molecule has 0 unspecified atom stereocenters. The molecule has 3 aromatic heterocycles. The number of carbonyl (C=O) groups excluding carboxylic acids is 2. The molecule has 12 nitrogen and oxygen atoms in total. The lowest BCUT2D eigenvalue weighted by Gasteiger charge is -2.12. The SMILES string of the molecule is CCOC(CCl)OCC.COC(=O)c1ccc(-c2cc(Br)c(N)nn2)cc1.COC(=O)c1ccc(-c2cc(Br)c3nccn3n2)cc1. The second-order valence-electron chi connectivity index (χ2n) is 9.17. The van der Waals surface area contributed by atoms with Gasteiger partial charge in [-0.05, 0) is 82.1 Å². The van der Waals surface area contributed by atoms with Gasteiger partial charge < -0.3 is 24.7 Å². The zero-order valence-corrected chi connectivity index (χ0v) is 30.0. The van der Waals surface area contributed by atoms with Gasteiger partial charge >= 0.3 is 11.9 Å². The number of nitrogens with two attached hydrogens (primary N) is 1. The third kappa shape index (κ3) is 10.8. The molecule has 248 valence electrons. The van der Waals surface area contributed by atoms with E-state index >= 15 is 0 Å². The van der Waals surface area contributed by atoms with Gasteiger partial charge in [0.1, 0.15) is 0 Å². The maximum absolute atomic E-state index is 11.4. The van der Waals surface area contributed by atoms with E-state index in [1.807, 2.05) is 32.0 Å². The lowest BCUT2D eigenvalue weighted by molar-refractivity contribution is -0.120. The lowest BCUT2D eigenvalue weighted by atomic mass is 10.1. The average molecular weight is 793 g/mol. The van der Waals surface area contributed by atoms with Gasteiger partial charge in [0.05, 0.1) is 51.6 Å². The molecule has 2 aromatic carbocycles. The van der Waals surface area contributed by atoms with Crippen LogP contribution in [-0.2, 0) is 18.9 Å². The van der Waals surface area contributed by atoms with Crippen molar-refractivity contribution in [1.29, 1.82) is 0 Å². The summed E-state index contributed by atoms with van der Waals surface area (Å²) in [6, 6.07) is 17.7. The Kier molecular flexibility index (Phi) is 15.2. The summed E-state index contributed by atoms with van der Waals surface area (Å²) in [5.74, 6) is 0.0219. The Hall–Kier alpha value is -3.95. The van der Waals surface area contributed by atoms with Crippen molar-refractivity contribution in [3.05, 3.63) is 93.1 Å². The second-order valence-corrected chi connectivity index (χ2v) is 11.2. The molecular weight excluding hydrogens is 760 g/mol. The summed E-state index contributed by atoms with van der Waals surface area (Å²) < 4.78 is 22.7. The van der Waals surface area contributed by atoms with Crippen molar-refractivity contribution in [2.75, 3.05) is 39.0 Å². The van der Waals surface area contributed by atoms with Crippen molar-refractivity contribution in [3.63, 3.8) is 0 Å². The fraction of sp³-hybridized carbons (Fsp3) is 0.250. The van der Waals surface area contributed by atoms with Crippen LogP contribution in [0.3, 0.4) is 0 Å². The number of halogens is 3. The smallest absolute Gasteiger partial charge is 0.337 e. The number of imidazole rings is 1. The molecule has 0 spiro atoms. The number of nitrogen functional groups attached to an aromatic ring is 1. The first kappa shape index (κ1) is 37.5. The Balaban J connectivity index is 0.000000206. The van der Waals surface area contributed by atoms with Crippen molar-refractivity contribution in [2.45, 2.75) is 20.1 Å². The summed E-state index contributed by atoms with van der Waals surface area (Å²) >= 11 is 12.2. The van der Waals surface area contributed by atoms with E-state index in [-0.39, 0.29) is 18.2 Å². The van der Waals surface area contributed by atoms with Gasteiger partial charge in [-0.15, -0.1) is 21.8 Å². The average Bonchev–Trinajstić information content (AvgIpc) is 3.59. The van der Waals surface area contributed by atoms with E-state index in [1.54, 1.807) is 59.4 Å². The molecule has 0 aliphatic heterocycles. The molecular formula is C32H33Br2ClN6O6. The number of esters is 2. The normalized spacial score (nSPS) is 10.5. The molecule has 2 N–H and O–H groups in total. The van der Waals surface area contributed by atoms with Crippen LogP contribution in [0.4, 0.5) is 5.82 Å². The van der Waals surface area contributed by atoms with Crippen LogP contribution in [0, 0.1) is 0 Å². The van der Waals surface area contributed by atoms with Gasteiger partial charge in [-0.25, -0.2) is 19.1 Å². The second kappa shape index (κ2) is 19.0.